The predicted molar refractivity (Wildman–Crippen MR) is 112 cm³/mol. The van der Waals surface area contributed by atoms with Crippen LogP contribution in [0.1, 0.15) is 51.9 Å². The molecule has 4 N–H and O–H groups in total. The molecular formula is C19H34N8O. The minimum atomic E-state index is -0.293. The van der Waals surface area contributed by atoms with Gasteiger partial charge in [-0.2, -0.15) is 15.0 Å². The van der Waals surface area contributed by atoms with Crippen LogP contribution in [0, 0.1) is 0 Å². The topological polar surface area (TPSA) is 107 Å². The van der Waals surface area contributed by atoms with Crippen molar-refractivity contribution in [2.24, 2.45) is 0 Å². The minimum absolute atomic E-state index is 0.0238. The van der Waals surface area contributed by atoms with E-state index in [2.05, 4.69) is 48.0 Å². The first kappa shape index (κ1) is 20.6. The number of amides is 1. The van der Waals surface area contributed by atoms with Gasteiger partial charge in [0.2, 0.25) is 23.8 Å². The summed E-state index contributed by atoms with van der Waals surface area (Å²) >= 11 is 0. The van der Waals surface area contributed by atoms with Crippen LogP contribution in [-0.2, 0) is 4.79 Å². The van der Waals surface area contributed by atoms with Crippen molar-refractivity contribution in [1.29, 1.82) is 0 Å². The molecule has 9 nitrogen and oxygen atoms in total. The Morgan fingerprint density at radius 3 is 2.68 bits per heavy atom. The maximum Gasteiger partial charge on any atom is 0.242 e. The van der Waals surface area contributed by atoms with Crippen molar-refractivity contribution >= 4 is 23.8 Å². The third kappa shape index (κ3) is 6.19. The molecule has 1 atom stereocenters. The second kappa shape index (κ2) is 11.0. The van der Waals surface area contributed by atoms with Crippen molar-refractivity contribution in [3.8, 4) is 0 Å². The number of hydrogen-bond acceptors (Lipinski definition) is 8. The number of carbonyl (C=O) groups excluding carboxylic acids is 1. The summed E-state index contributed by atoms with van der Waals surface area (Å²) in [5, 5.41) is 12.9. The van der Waals surface area contributed by atoms with E-state index in [4.69, 9.17) is 0 Å². The maximum absolute atomic E-state index is 12.3. The van der Waals surface area contributed by atoms with E-state index >= 15 is 0 Å². The third-order valence-electron chi connectivity index (χ3n) is 5.18. The van der Waals surface area contributed by atoms with Gasteiger partial charge in [0, 0.05) is 39.3 Å². The van der Waals surface area contributed by atoms with Crippen LogP contribution < -0.4 is 26.2 Å². The Hall–Kier alpha value is -2.16. The van der Waals surface area contributed by atoms with Gasteiger partial charge in [-0.3, -0.25) is 4.79 Å². The highest BCUT2D eigenvalue weighted by Gasteiger charge is 2.23. The van der Waals surface area contributed by atoms with Gasteiger partial charge in [0.05, 0.1) is 0 Å². The van der Waals surface area contributed by atoms with Crippen LogP contribution in [0.2, 0.25) is 0 Å². The monoisotopic (exact) mass is 390 g/mol. The quantitative estimate of drug-likeness (QED) is 0.468. The second-order valence-corrected chi connectivity index (χ2v) is 7.49. The van der Waals surface area contributed by atoms with Crippen molar-refractivity contribution in [1.82, 2.24) is 25.6 Å². The first-order valence-corrected chi connectivity index (χ1v) is 10.8. The number of piperazine rings is 1. The molecule has 0 radical (unpaired) electrons. The molecule has 156 valence electrons. The molecule has 0 bridgehead atoms. The maximum atomic E-state index is 12.3. The van der Waals surface area contributed by atoms with Gasteiger partial charge < -0.3 is 26.2 Å². The van der Waals surface area contributed by atoms with Crippen LogP contribution in [0.15, 0.2) is 0 Å². The van der Waals surface area contributed by atoms with Gasteiger partial charge in [0.25, 0.3) is 0 Å². The number of rotatable bonds is 9. The summed E-state index contributed by atoms with van der Waals surface area (Å²) in [5.41, 5.74) is 0. The zero-order valence-electron chi connectivity index (χ0n) is 17.0. The van der Waals surface area contributed by atoms with E-state index in [1.165, 1.54) is 19.3 Å². The summed E-state index contributed by atoms with van der Waals surface area (Å²) in [6.07, 6.45) is 7.57. The lowest BCUT2D eigenvalue weighted by Crippen LogP contribution is -2.44. The summed E-state index contributed by atoms with van der Waals surface area (Å²) in [6, 6.07) is -0.293. The van der Waals surface area contributed by atoms with E-state index in [1.807, 2.05) is 0 Å². The van der Waals surface area contributed by atoms with E-state index in [0.29, 0.717) is 17.8 Å². The number of unbranched alkanes of at least 4 members (excludes halogenated alkanes) is 3. The molecule has 0 saturated carbocycles. The second-order valence-electron chi connectivity index (χ2n) is 7.49. The van der Waals surface area contributed by atoms with Crippen molar-refractivity contribution in [3.63, 3.8) is 0 Å². The van der Waals surface area contributed by atoms with Crippen LogP contribution >= 0.6 is 0 Å². The van der Waals surface area contributed by atoms with E-state index in [1.54, 1.807) is 0 Å². The van der Waals surface area contributed by atoms with Gasteiger partial charge in [-0.25, -0.2) is 0 Å². The molecule has 3 rings (SSSR count). The molecule has 1 aromatic rings. The lowest BCUT2D eigenvalue weighted by Gasteiger charge is -2.28. The van der Waals surface area contributed by atoms with Gasteiger partial charge in [-0.1, -0.05) is 26.2 Å². The van der Waals surface area contributed by atoms with Crippen molar-refractivity contribution in [2.75, 3.05) is 54.8 Å². The molecule has 0 aliphatic carbocycles. The summed E-state index contributed by atoms with van der Waals surface area (Å²) in [4.78, 5) is 28.2. The molecule has 1 unspecified atom stereocenters. The van der Waals surface area contributed by atoms with Gasteiger partial charge in [0.15, 0.2) is 0 Å². The summed E-state index contributed by atoms with van der Waals surface area (Å²) < 4.78 is 0. The molecule has 9 heteroatoms. The Kier molecular flexibility index (Phi) is 8.07. The Labute approximate surface area is 167 Å². The molecule has 1 aromatic heterocycles. The van der Waals surface area contributed by atoms with E-state index < -0.39 is 0 Å². The average molecular weight is 391 g/mol. The van der Waals surface area contributed by atoms with Crippen LogP contribution in [-0.4, -0.2) is 66.2 Å². The van der Waals surface area contributed by atoms with E-state index in [-0.39, 0.29) is 11.9 Å². The smallest absolute Gasteiger partial charge is 0.242 e. The Morgan fingerprint density at radius 2 is 1.86 bits per heavy atom. The molecule has 2 aliphatic heterocycles. The fourth-order valence-electron chi connectivity index (χ4n) is 3.50. The normalized spacial score (nSPS) is 20.4. The zero-order chi connectivity index (χ0) is 19.6. The predicted octanol–water partition coefficient (Wildman–Crippen LogP) is 1.35. The molecule has 2 saturated heterocycles. The van der Waals surface area contributed by atoms with Crippen molar-refractivity contribution in [2.45, 2.75) is 57.9 Å². The number of nitrogens with zero attached hydrogens (tertiary/aromatic N) is 4. The van der Waals surface area contributed by atoms with Crippen LogP contribution in [0.5, 0.6) is 0 Å². The number of carbonyl (C=O) groups is 1. The van der Waals surface area contributed by atoms with E-state index in [0.717, 1.165) is 65.0 Å². The first-order chi connectivity index (χ1) is 13.8. The number of anilines is 3. The summed E-state index contributed by atoms with van der Waals surface area (Å²) in [6.45, 7) is 7.35. The van der Waals surface area contributed by atoms with Crippen LogP contribution in [0.3, 0.4) is 0 Å². The summed E-state index contributed by atoms with van der Waals surface area (Å²) in [5.74, 6) is 1.75. The fraction of sp³-hybridized carbons (Fsp3) is 0.789. The van der Waals surface area contributed by atoms with Crippen molar-refractivity contribution in [3.05, 3.63) is 0 Å². The highest BCUT2D eigenvalue weighted by molar-refractivity contribution is 5.84. The fourth-order valence-corrected chi connectivity index (χ4v) is 3.50. The molecule has 0 aromatic carbocycles. The highest BCUT2D eigenvalue weighted by atomic mass is 16.2. The molecule has 0 spiro atoms. The Balaban J connectivity index is 1.71. The molecule has 28 heavy (non-hydrogen) atoms. The number of hydrogen-bond donors (Lipinski definition) is 4. The lowest BCUT2D eigenvalue weighted by atomic mass is 10.1. The van der Waals surface area contributed by atoms with Gasteiger partial charge in [-0.05, 0) is 25.7 Å². The van der Waals surface area contributed by atoms with Gasteiger partial charge >= 0.3 is 0 Å². The highest BCUT2D eigenvalue weighted by Crippen LogP contribution is 2.17. The lowest BCUT2D eigenvalue weighted by molar-refractivity contribution is -0.121. The van der Waals surface area contributed by atoms with Gasteiger partial charge in [0.1, 0.15) is 6.04 Å². The Bertz CT molecular complexity index is 620. The number of aromatic nitrogens is 3. The van der Waals surface area contributed by atoms with Crippen LogP contribution in [0.25, 0.3) is 0 Å². The minimum Gasteiger partial charge on any atom is -0.354 e. The zero-order valence-corrected chi connectivity index (χ0v) is 17.0. The SMILES string of the molecule is CCCCCCNc1nc(NC2CCCCNC2=O)nc(N2CCNCC2)n1. The average Bonchev–Trinajstić information content (AvgIpc) is 2.92. The van der Waals surface area contributed by atoms with Crippen LogP contribution in [0.4, 0.5) is 17.8 Å². The molecule has 2 fully saturated rings. The Morgan fingerprint density at radius 1 is 1.04 bits per heavy atom. The molecule has 2 aliphatic rings. The molecule has 3 heterocycles. The summed E-state index contributed by atoms with van der Waals surface area (Å²) in [7, 11) is 0. The standard InChI is InChI=1S/C19H34N8O/c1-2-3-4-6-10-22-17-24-18(23-15-8-5-7-9-21-16(15)28)26-19(25-17)27-13-11-20-12-14-27/h15,20H,2-14H2,1H3,(H,21,28)(H2,22,23,24,25,26). The largest absolute Gasteiger partial charge is 0.354 e. The van der Waals surface area contributed by atoms with Crippen molar-refractivity contribution < 1.29 is 4.79 Å². The third-order valence-corrected chi connectivity index (χ3v) is 5.18. The number of nitrogens with one attached hydrogen (secondary N) is 4. The first-order valence-electron chi connectivity index (χ1n) is 10.8. The van der Waals surface area contributed by atoms with E-state index in [9.17, 15) is 4.79 Å². The molecular weight excluding hydrogens is 356 g/mol. The van der Waals surface area contributed by atoms with Gasteiger partial charge in [-0.15, -0.1) is 0 Å². The molecule has 1 amide bonds.